The van der Waals surface area contributed by atoms with E-state index >= 15 is 0 Å². The van der Waals surface area contributed by atoms with Crippen molar-refractivity contribution in [2.75, 3.05) is 18.4 Å². The number of carbonyl (C=O) groups excluding carboxylic acids is 3. The summed E-state index contributed by atoms with van der Waals surface area (Å²) in [5, 5.41) is 6.28. The van der Waals surface area contributed by atoms with Crippen LogP contribution in [0.15, 0.2) is 79.0 Å². The molecule has 3 amide bonds. The predicted molar refractivity (Wildman–Crippen MR) is 135 cm³/mol. The van der Waals surface area contributed by atoms with Crippen molar-refractivity contribution in [2.24, 2.45) is 5.92 Å². The van der Waals surface area contributed by atoms with Crippen molar-refractivity contribution in [3.05, 3.63) is 95.1 Å². The molecule has 35 heavy (non-hydrogen) atoms. The molecule has 0 radical (unpaired) electrons. The summed E-state index contributed by atoms with van der Waals surface area (Å²) in [5.41, 5.74) is 1.39. The monoisotopic (exact) mass is 490 g/mol. The maximum atomic E-state index is 13.5. The molecule has 1 fully saturated rings. The normalized spacial score (nSPS) is 14.7. The molecule has 0 saturated carbocycles. The quantitative estimate of drug-likeness (QED) is 0.524. The fraction of sp³-hybridized carbons (Fsp3) is 0.259. The Bertz CT molecular complexity index is 1150. The van der Waals surface area contributed by atoms with Crippen molar-refractivity contribution in [3.63, 3.8) is 0 Å². The molecule has 1 atom stereocenters. The number of carbonyl (C=O) groups is 3. The zero-order valence-electron chi connectivity index (χ0n) is 19.2. The highest BCUT2D eigenvalue weighted by Gasteiger charge is 2.32. The minimum absolute atomic E-state index is 0.0901. The lowest BCUT2D eigenvalue weighted by Gasteiger charge is -2.34. The average molecular weight is 491 g/mol. The first-order chi connectivity index (χ1) is 17.0. The second-order valence-electron chi connectivity index (χ2n) is 8.53. The summed E-state index contributed by atoms with van der Waals surface area (Å²) in [6.07, 6.45) is 3.10. The number of rotatable bonds is 7. The zero-order valence-corrected chi connectivity index (χ0v) is 19.9. The van der Waals surface area contributed by atoms with E-state index in [-0.39, 0.29) is 23.6 Å². The number of nitrogens with zero attached hydrogens (tertiary/aromatic N) is 2. The third-order valence-corrected chi connectivity index (χ3v) is 6.34. The molecule has 3 aromatic rings. The van der Waals surface area contributed by atoms with Crippen LogP contribution >= 0.6 is 11.6 Å². The summed E-state index contributed by atoms with van der Waals surface area (Å²) in [4.78, 5) is 44.8. The Balaban J connectivity index is 1.40. The van der Waals surface area contributed by atoms with Gasteiger partial charge in [-0.1, -0.05) is 48.0 Å². The molecule has 1 aromatic heterocycles. The fourth-order valence-corrected chi connectivity index (χ4v) is 4.27. The Kier molecular flexibility index (Phi) is 8.11. The maximum Gasteiger partial charge on any atom is 0.251 e. The Hall–Kier alpha value is -3.71. The molecule has 1 aliphatic rings. The van der Waals surface area contributed by atoms with Crippen LogP contribution in [-0.4, -0.2) is 46.7 Å². The Morgan fingerprint density at radius 1 is 0.943 bits per heavy atom. The molecule has 180 valence electrons. The first-order valence-electron chi connectivity index (χ1n) is 11.6. The number of likely N-dealkylation sites (tertiary alicyclic amines) is 1. The van der Waals surface area contributed by atoms with Crippen molar-refractivity contribution < 1.29 is 14.4 Å². The second-order valence-corrected chi connectivity index (χ2v) is 8.96. The molecule has 0 aliphatic carbocycles. The van der Waals surface area contributed by atoms with E-state index in [1.54, 1.807) is 47.5 Å². The van der Waals surface area contributed by atoms with Crippen LogP contribution in [0.25, 0.3) is 0 Å². The molecular formula is C27H27ClN4O3. The average Bonchev–Trinajstić information content (AvgIpc) is 2.89. The van der Waals surface area contributed by atoms with Crippen molar-refractivity contribution in [2.45, 2.75) is 25.3 Å². The minimum atomic E-state index is -0.723. The fourth-order valence-electron chi connectivity index (χ4n) is 4.14. The molecule has 2 N–H and O–H groups in total. The number of nitrogens with one attached hydrogen (secondary N) is 2. The molecule has 7 nitrogen and oxygen atoms in total. The highest BCUT2D eigenvalue weighted by atomic mass is 35.5. The van der Waals surface area contributed by atoms with Crippen LogP contribution in [0, 0.1) is 5.92 Å². The van der Waals surface area contributed by atoms with Gasteiger partial charge in [0.2, 0.25) is 11.8 Å². The van der Waals surface area contributed by atoms with Gasteiger partial charge in [-0.25, -0.2) is 4.98 Å². The molecule has 0 spiro atoms. The number of piperidine rings is 1. The number of benzene rings is 2. The van der Waals surface area contributed by atoms with Gasteiger partial charge >= 0.3 is 0 Å². The summed E-state index contributed by atoms with van der Waals surface area (Å²) >= 11 is 5.94. The van der Waals surface area contributed by atoms with Crippen LogP contribution in [0.3, 0.4) is 0 Å². The lowest BCUT2D eigenvalue weighted by molar-refractivity contribution is -0.136. The van der Waals surface area contributed by atoms with Gasteiger partial charge in [0.1, 0.15) is 11.9 Å². The summed E-state index contributed by atoms with van der Waals surface area (Å²) in [6, 6.07) is 20.8. The van der Waals surface area contributed by atoms with Gasteiger partial charge in [0.15, 0.2) is 0 Å². The Morgan fingerprint density at radius 3 is 2.29 bits per heavy atom. The zero-order chi connectivity index (χ0) is 24.6. The Labute approximate surface area is 209 Å². The van der Waals surface area contributed by atoms with Gasteiger partial charge in [-0.2, -0.15) is 0 Å². The van der Waals surface area contributed by atoms with E-state index in [1.165, 1.54) is 0 Å². The van der Waals surface area contributed by atoms with Crippen molar-refractivity contribution in [3.8, 4) is 0 Å². The van der Waals surface area contributed by atoms with Crippen molar-refractivity contribution in [1.82, 2.24) is 15.2 Å². The lowest BCUT2D eigenvalue weighted by atomic mass is 9.94. The highest BCUT2D eigenvalue weighted by molar-refractivity contribution is 6.30. The SMILES string of the molecule is O=C(NC(Cc1ccccc1)C(=O)N1CCC(C(=O)Nc2ccccn2)CC1)c1ccc(Cl)cc1. The number of hydrogen-bond acceptors (Lipinski definition) is 4. The molecule has 0 bridgehead atoms. The maximum absolute atomic E-state index is 13.5. The number of aromatic nitrogens is 1. The third kappa shape index (κ3) is 6.67. The molecule has 8 heteroatoms. The summed E-state index contributed by atoms with van der Waals surface area (Å²) in [6.45, 7) is 0.891. The first-order valence-corrected chi connectivity index (χ1v) is 12.0. The van der Waals surface area contributed by atoms with Gasteiger partial charge in [0.25, 0.3) is 5.91 Å². The number of halogens is 1. The van der Waals surface area contributed by atoms with Crippen LogP contribution in [-0.2, 0) is 16.0 Å². The molecule has 1 aliphatic heterocycles. The van der Waals surface area contributed by atoms with Crippen LogP contribution in [0.4, 0.5) is 5.82 Å². The van der Waals surface area contributed by atoms with E-state index in [0.717, 1.165) is 5.56 Å². The Morgan fingerprint density at radius 2 is 1.63 bits per heavy atom. The smallest absolute Gasteiger partial charge is 0.251 e. The van der Waals surface area contributed by atoms with Gasteiger partial charge in [0.05, 0.1) is 0 Å². The van der Waals surface area contributed by atoms with E-state index in [1.807, 2.05) is 36.4 Å². The number of amides is 3. The van der Waals surface area contributed by atoms with Crippen LogP contribution in [0.1, 0.15) is 28.8 Å². The van der Waals surface area contributed by atoms with Gasteiger partial charge < -0.3 is 15.5 Å². The standard InChI is InChI=1S/C27H27ClN4O3/c28-22-11-9-20(10-12-22)25(33)30-23(18-19-6-2-1-3-7-19)27(35)32-16-13-21(14-17-32)26(34)31-24-8-4-5-15-29-24/h1-12,15,21,23H,13-14,16-18H2,(H,30,33)(H,29,31,34). The van der Waals surface area contributed by atoms with Crippen molar-refractivity contribution in [1.29, 1.82) is 0 Å². The third-order valence-electron chi connectivity index (χ3n) is 6.09. The summed E-state index contributed by atoms with van der Waals surface area (Å²) in [7, 11) is 0. The highest BCUT2D eigenvalue weighted by Crippen LogP contribution is 2.20. The van der Waals surface area contributed by atoms with Gasteiger partial charge in [-0.15, -0.1) is 0 Å². The molecule has 1 unspecified atom stereocenters. The molecular weight excluding hydrogens is 464 g/mol. The molecule has 2 heterocycles. The van der Waals surface area contributed by atoms with Gasteiger partial charge in [-0.3, -0.25) is 14.4 Å². The first kappa shape index (κ1) is 24.4. The number of anilines is 1. The van der Waals surface area contributed by atoms with E-state index in [0.29, 0.717) is 48.8 Å². The topological polar surface area (TPSA) is 91.4 Å². The van der Waals surface area contributed by atoms with Crippen molar-refractivity contribution >= 4 is 35.1 Å². The summed E-state index contributed by atoms with van der Waals surface area (Å²) < 4.78 is 0. The van der Waals surface area contributed by atoms with Gasteiger partial charge in [0, 0.05) is 42.2 Å². The molecule has 4 rings (SSSR count). The van der Waals surface area contributed by atoms with E-state index < -0.39 is 6.04 Å². The number of pyridine rings is 1. The van der Waals surface area contributed by atoms with Gasteiger partial charge in [-0.05, 0) is 54.8 Å². The minimum Gasteiger partial charge on any atom is -0.341 e. The second kappa shape index (κ2) is 11.6. The largest absolute Gasteiger partial charge is 0.341 e. The van der Waals surface area contributed by atoms with E-state index in [2.05, 4.69) is 15.6 Å². The van der Waals surface area contributed by atoms with Crippen LogP contribution < -0.4 is 10.6 Å². The van der Waals surface area contributed by atoms with Crippen LogP contribution in [0.2, 0.25) is 5.02 Å². The predicted octanol–water partition coefficient (Wildman–Crippen LogP) is 3.95. The lowest BCUT2D eigenvalue weighted by Crippen LogP contribution is -2.52. The summed E-state index contributed by atoms with van der Waals surface area (Å²) in [5.74, 6) is -0.255. The van der Waals surface area contributed by atoms with E-state index in [9.17, 15) is 14.4 Å². The number of hydrogen-bond donors (Lipinski definition) is 2. The van der Waals surface area contributed by atoms with Crippen LogP contribution in [0.5, 0.6) is 0 Å². The van der Waals surface area contributed by atoms with E-state index in [4.69, 9.17) is 11.6 Å². The molecule has 2 aromatic carbocycles. The molecule has 1 saturated heterocycles.